The van der Waals surface area contributed by atoms with Crippen LogP contribution in [0.25, 0.3) is 0 Å². The van der Waals surface area contributed by atoms with Crippen LogP contribution in [0.1, 0.15) is 50.3 Å². The fourth-order valence-corrected chi connectivity index (χ4v) is 3.91. The number of carbonyl (C=O) groups is 3. The molecule has 1 aromatic heterocycles. The van der Waals surface area contributed by atoms with Gasteiger partial charge in [-0.1, -0.05) is 27.7 Å². The molecule has 1 aromatic rings. The number of carbonyl (C=O) groups excluding carboxylic acids is 3. The smallest absolute Gasteiger partial charge is 0.243 e. The molecule has 0 aliphatic carbocycles. The van der Waals surface area contributed by atoms with Crippen molar-refractivity contribution in [3.8, 4) is 0 Å². The molecule has 0 bridgehead atoms. The van der Waals surface area contributed by atoms with E-state index in [-0.39, 0.29) is 23.5 Å². The maximum Gasteiger partial charge on any atom is 0.243 e. The van der Waals surface area contributed by atoms with Gasteiger partial charge >= 0.3 is 0 Å². The summed E-state index contributed by atoms with van der Waals surface area (Å²) in [6.45, 7) is 8.23. The number of hydrogen-bond acceptors (Lipinski definition) is 7. The summed E-state index contributed by atoms with van der Waals surface area (Å²) >= 11 is 1.30. The van der Waals surface area contributed by atoms with Crippen LogP contribution in [0.5, 0.6) is 0 Å². The molecule has 1 aliphatic heterocycles. The van der Waals surface area contributed by atoms with Gasteiger partial charge in [0.2, 0.25) is 17.6 Å². The predicted octanol–water partition coefficient (Wildman–Crippen LogP) is 1.44. The van der Waals surface area contributed by atoms with Crippen molar-refractivity contribution in [2.45, 2.75) is 58.7 Å². The summed E-state index contributed by atoms with van der Waals surface area (Å²) in [5.41, 5.74) is 5.82. The van der Waals surface area contributed by atoms with Gasteiger partial charge in [-0.25, -0.2) is 4.98 Å². The molecular formula is C18H28N4O3S. The lowest BCUT2D eigenvalue weighted by atomic mass is 9.97. The molecule has 3 atom stereocenters. The minimum atomic E-state index is -0.730. The third kappa shape index (κ3) is 4.55. The summed E-state index contributed by atoms with van der Waals surface area (Å²) in [5.74, 6) is -0.948. The van der Waals surface area contributed by atoms with Crippen LogP contribution in [0, 0.1) is 11.8 Å². The summed E-state index contributed by atoms with van der Waals surface area (Å²) in [7, 11) is 0. The van der Waals surface area contributed by atoms with Crippen molar-refractivity contribution in [3.63, 3.8) is 0 Å². The van der Waals surface area contributed by atoms with E-state index in [0.29, 0.717) is 18.0 Å². The van der Waals surface area contributed by atoms with Crippen LogP contribution in [0.3, 0.4) is 0 Å². The van der Waals surface area contributed by atoms with Gasteiger partial charge in [-0.15, -0.1) is 11.3 Å². The molecule has 1 fully saturated rings. The number of Topliss-reactive ketones (excluding diaryl/α,β-unsaturated/α-hetero) is 1. The van der Waals surface area contributed by atoms with Crippen molar-refractivity contribution < 1.29 is 14.4 Å². The van der Waals surface area contributed by atoms with Crippen LogP contribution in [0.15, 0.2) is 11.6 Å². The third-order valence-electron chi connectivity index (χ3n) is 4.76. The lowest BCUT2D eigenvalue weighted by molar-refractivity contribution is -0.134. The molecule has 2 amide bonds. The van der Waals surface area contributed by atoms with Crippen LogP contribution in [-0.4, -0.2) is 52.2 Å². The zero-order chi connectivity index (χ0) is 19.4. The first-order chi connectivity index (χ1) is 12.2. The molecule has 0 aromatic carbocycles. The number of aromatic nitrogens is 1. The first kappa shape index (κ1) is 20.7. The molecule has 1 saturated heterocycles. The monoisotopic (exact) mass is 380 g/mol. The van der Waals surface area contributed by atoms with Crippen LogP contribution in [0.2, 0.25) is 0 Å². The molecule has 0 unspecified atom stereocenters. The van der Waals surface area contributed by atoms with E-state index in [2.05, 4.69) is 10.3 Å². The van der Waals surface area contributed by atoms with Crippen molar-refractivity contribution in [1.82, 2.24) is 15.2 Å². The Morgan fingerprint density at radius 2 is 1.96 bits per heavy atom. The Balaban J connectivity index is 2.15. The van der Waals surface area contributed by atoms with E-state index in [1.54, 1.807) is 11.6 Å². The second kappa shape index (κ2) is 8.83. The largest absolute Gasteiger partial charge is 0.320 e. The maximum absolute atomic E-state index is 12.9. The first-order valence-corrected chi connectivity index (χ1v) is 9.91. The highest BCUT2D eigenvalue weighted by molar-refractivity contribution is 7.11. The van der Waals surface area contributed by atoms with Crippen LogP contribution in [0.4, 0.5) is 0 Å². The molecule has 0 spiro atoms. The van der Waals surface area contributed by atoms with Gasteiger partial charge in [0.25, 0.3) is 0 Å². The van der Waals surface area contributed by atoms with E-state index in [1.807, 2.05) is 32.6 Å². The molecule has 2 rings (SSSR count). The van der Waals surface area contributed by atoms with E-state index >= 15 is 0 Å². The number of nitrogens with two attached hydrogens (primary N) is 1. The molecule has 3 N–H and O–H groups in total. The van der Waals surface area contributed by atoms with Gasteiger partial charge in [0.05, 0.1) is 18.1 Å². The summed E-state index contributed by atoms with van der Waals surface area (Å²) in [4.78, 5) is 43.8. The first-order valence-electron chi connectivity index (χ1n) is 9.03. The fourth-order valence-electron chi connectivity index (χ4n) is 3.30. The standard InChI is InChI=1S/C18H28N4O3S/c1-10(2)13(19)17(25)21-16(24)12-6-5-8-22(12)14(11(3)4)15(23)18-20-7-9-26-18/h7,9-14H,5-6,8,19H2,1-4H3,(H,21,24,25)/t12-,13-,14-/m0/s1. The zero-order valence-electron chi connectivity index (χ0n) is 15.8. The topological polar surface area (TPSA) is 105 Å². The number of likely N-dealkylation sites (tertiary alicyclic amines) is 1. The molecule has 144 valence electrons. The molecule has 0 saturated carbocycles. The number of thiazole rings is 1. The van der Waals surface area contributed by atoms with Crippen molar-refractivity contribution in [3.05, 3.63) is 16.6 Å². The van der Waals surface area contributed by atoms with Crippen LogP contribution < -0.4 is 11.1 Å². The molecule has 1 aliphatic rings. The fraction of sp³-hybridized carbons (Fsp3) is 0.667. The number of nitrogens with one attached hydrogen (secondary N) is 1. The molecular weight excluding hydrogens is 352 g/mol. The summed E-state index contributed by atoms with van der Waals surface area (Å²) in [6, 6.07) is -1.67. The number of rotatable bonds is 7. The lowest BCUT2D eigenvalue weighted by Gasteiger charge is -2.33. The molecule has 2 heterocycles. The SMILES string of the molecule is CC(C)[C@H](N)C(=O)NC(=O)[C@@H]1CCCN1[C@H](C(=O)c1nccs1)C(C)C. The van der Waals surface area contributed by atoms with Crippen molar-refractivity contribution in [2.24, 2.45) is 17.6 Å². The van der Waals surface area contributed by atoms with Gasteiger partial charge in [-0.2, -0.15) is 0 Å². The van der Waals surface area contributed by atoms with Crippen molar-refractivity contribution >= 4 is 28.9 Å². The lowest BCUT2D eigenvalue weighted by Crippen LogP contribution is -2.55. The highest BCUT2D eigenvalue weighted by Crippen LogP contribution is 2.27. The number of imide groups is 1. The second-order valence-corrected chi connectivity index (χ2v) is 8.30. The van der Waals surface area contributed by atoms with E-state index in [1.165, 1.54) is 11.3 Å². The Labute approximate surface area is 158 Å². The highest BCUT2D eigenvalue weighted by atomic mass is 32.1. The van der Waals surface area contributed by atoms with E-state index in [4.69, 9.17) is 5.73 Å². The normalized spacial score (nSPS) is 20.3. The maximum atomic E-state index is 12.9. The zero-order valence-corrected chi connectivity index (χ0v) is 16.6. The molecule has 26 heavy (non-hydrogen) atoms. The quantitative estimate of drug-likeness (QED) is 0.694. The Kier molecular flexibility index (Phi) is 7.02. The second-order valence-electron chi connectivity index (χ2n) is 7.41. The van der Waals surface area contributed by atoms with Gasteiger partial charge in [0.1, 0.15) is 0 Å². The Morgan fingerprint density at radius 1 is 1.27 bits per heavy atom. The Morgan fingerprint density at radius 3 is 2.50 bits per heavy atom. The third-order valence-corrected chi connectivity index (χ3v) is 5.55. The van der Waals surface area contributed by atoms with Gasteiger partial charge in [0.15, 0.2) is 5.01 Å². The summed E-state index contributed by atoms with van der Waals surface area (Å²) in [6.07, 6.45) is 3.02. The predicted molar refractivity (Wildman–Crippen MR) is 101 cm³/mol. The molecule has 8 heteroatoms. The number of amides is 2. The van der Waals surface area contributed by atoms with E-state index in [0.717, 1.165) is 6.42 Å². The van der Waals surface area contributed by atoms with Gasteiger partial charge in [-0.3, -0.25) is 24.6 Å². The number of ketones is 1. The number of hydrogen-bond donors (Lipinski definition) is 2. The van der Waals surface area contributed by atoms with Crippen LogP contribution in [-0.2, 0) is 9.59 Å². The summed E-state index contributed by atoms with van der Waals surface area (Å²) < 4.78 is 0. The minimum absolute atomic E-state index is 0.0217. The molecule has 0 radical (unpaired) electrons. The van der Waals surface area contributed by atoms with Crippen molar-refractivity contribution in [1.29, 1.82) is 0 Å². The number of nitrogens with zero attached hydrogens (tertiary/aromatic N) is 2. The van der Waals surface area contributed by atoms with E-state index < -0.39 is 24.0 Å². The highest BCUT2D eigenvalue weighted by Gasteiger charge is 2.41. The van der Waals surface area contributed by atoms with Gasteiger partial charge < -0.3 is 5.73 Å². The minimum Gasteiger partial charge on any atom is -0.320 e. The van der Waals surface area contributed by atoms with Crippen molar-refractivity contribution in [2.75, 3.05) is 6.54 Å². The molecule has 7 nitrogen and oxygen atoms in total. The van der Waals surface area contributed by atoms with Gasteiger partial charge in [0, 0.05) is 11.6 Å². The van der Waals surface area contributed by atoms with Gasteiger partial charge in [-0.05, 0) is 31.2 Å². The average molecular weight is 381 g/mol. The van der Waals surface area contributed by atoms with Crippen LogP contribution >= 0.6 is 11.3 Å². The average Bonchev–Trinajstić information content (AvgIpc) is 3.25. The summed E-state index contributed by atoms with van der Waals surface area (Å²) in [5, 5.41) is 4.65. The van der Waals surface area contributed by atoms with E-state index in [9.17, 15) is 14.4 Å². The Hall–Kier alpha value is -1.64. The Bertz CT molecular complexity index is 645.